The maximum Gasteiger partial charge on any atom is 0.228 e. The van der Waals surface area contributed by atoms with Crippen molar-refractivity contribution in [2.75, 3.05) is 29.9 Å². The van der Waals surface area contributed by atoms with Gasteiger partial charge in [-0.3, -0.25) is 4.79 Å². The summed E-state index contributed by atoms with van der Waals surface area (Å²) in [5.41, 5.74) is 2.93. The summed E-state index contributed by atoms with van der Waals surface area (Å²) in [7, 11) is 0. The van der Waals surface area contributed by atoms with Gasteiger partial charge in [0.15, 0.2) is 0 Å². The van der Waals surface area contributed by atoms with Crippen molar-refractivity contribution in [1.29, 1.82) is 0 Å². The van der Waals surface area contributed by atoms with Crippen molar-refractivity contribution < 1.29 is 9.53 Å². The number of hydrogen-bond donors (Lipinski definition) is 2. The second-order valence-corrected chi connectivity index (χ2v) is 10.1. The Hall–Kier alpha value is -2.08. The van der Waals surface area contributed by atoms with E-state index in [0.29, 0.717) is 23.5 Å². The molecule has 2 saturated heterocycles. The van der Waals surface area contributed by atoms with E-state index in [0.717, 1.165) is 56.6 Å². The molecule has 0 radical (unpaired) electrons. The molecule has 0 spiro atoms. The van der Waals surface area contributed by atoms with Gasteiger partial charge in [-0.1, -0.05) is 23.7 Å². The summed E-state index contributed by atoms with van der Waals surface area (Å²) in [6.45, 7) is 7.32. The zero-order valence-electron chi connectivity index (χ0n) is 19.1. The van der Waals surface area contributed by atoms with Crippen LogP contribution in [0, 0.1) is 0 Å². The van der Waals surface area contributed by atoms with E-state index in [-0.39, 0.29) is 11.5 Å². The van der Waals surface area contributed by atoms with Gasteiger partial charge in [-0.2, -0.15) is 0 Å². The fourth-order valence-corrected chi connectivity index (χ4v) is 5.02. The number of benzene rings is 2. The predicted octanol–water partition coefficient (Wildman–Crippen LogP) is 5.04. The fraction of sp³-hybridized carbons (Fsp3) is 0.500. The molecule has 2 aliphatic rings. The molecule has 0 saturated carbocycles. The topological polar surface area (TPSA) is 53.6 Å². The van der Waals surface area contributed by atoms with Crippen LogP contribution in [-0.2, 0) is 16.0 Å². The van der Waals surface area contributed by atoms with Crippen LogP contribution in [0.3, 0.4) is 0 Å². The van der Waals surface area contributed by atoms with Gasteiger partial charge in [-0.15, -0.1) is 0 Å². The fourth-order valence-electron chi connectivity index (χ4n) is 4.80. The molecule has 172 valence electrons. The number of piperidine rings is 1. The van der Waals surface area contributed by atoms with Crippen LogP contribution in [-0.4, -0.2) is 43.3 Å². The van der Waals surface area contributed by atoms with Crippen LogP contribution in [0.15, 0.2) is 48.5 Å². The second kappa shape index (κ2) is 10.2. The summed E-state index contributed by atoms with van der Waals surface area (Å²) >= 11 is 6.00. The number of amides is 1. The lowest BCUT2D eigenvalue weighted by atomic mass is 9.92. The van der Waals surface area contributed by atoms with Gasteiger partial charge in [0.05, 0.1) is 12.0 Å². The van der Waals surface area contributed by atoms with Crippen molar-refractivity contribution in [3.8, 4) is 0 Å². The van der Waals surface area contributed by atoms with Gasteiger partial charge in [0.1, 0.15) is 0 Å². The van der Waals surface area contributed by atoms with Crippen LogP contribution in [0.1, 0.15) is 45.1 Å². The second-order valence-electron chi connectivity index (χ2n) is 9.63. The van der Waals surface area contributed by atoms with Crippen LogP contribution >= 0.6 is 11.6 Å². The first-order valence-electron chi connectivity index (χ1n) is 11.7. The van der Waals surface area contributed by atoms with Crippen molar-refractivity contribution in [1.82, 2.24) is 5.32 Å². The number of carbonyl (C=O) groups is 1. The summed E-state index contributed by atoms with van der Waals surface area (Å²) < 4.78 is 5.85. The van der Waals surface area contributed by atoms with Gasteiger partial charge < -0.3 is 20.3 Å². The molecule has 2 heterocycles. The Bertz CT molecular complexity index is 908. The molecule has 4 rings (SSSR count). The summed E-state index contributed by atoms with van der Waals surface area (Å²) in [6, 6.07) is 16.7. The third-order valence-electron chi connectivity index (χ3n) is 6.43. The summed E-state index contributed by atoms with van der Waals surface area (Å²) in [4.78, 5) is 14.8. The molecule has 0 aliphatic carbocycles. The maximum atomic E-state index is 12.3. The normalized spacial score (nSPS) is 21.3. The highest BCUT2D eigenvalue weighted by Crippen LogP contribution is 2.26. The molecule has 1 atom stereocenters. The maximum absolute atomic E-state index is 12.3. The van der Waals surface area contributed by atoms with E-state index in [1.54, 1.807) is 0 Å². The standard InChI is InChI=1S/C26H34ClN3O2/c1-26(2)18-23(12-15-32-26)28-22-10-13-30(14-11-22)24-8-6-21(7-9-24)29-25(31)17-19-4-3-5-20(27)16-19/h3-9,16,22-23,28H,10-15,17-18H2,1-2H3,(H,29,31)/t23-/m0/s1. The van der Waals surface area contributed by atoms with Gasteiger partial charge in [-0.05, 0) is 81.5 Å². The van der Waals surface area contributed by atoms with Crippen LogP contribution < -0.4 is 15.5 Å². The summed E-state index contributed by atoms with van der Waals surface area (Å²) in [5, 5.41) is 7.50. The lowest BCUT2D eigenvalue weighted by molar-refractivity contribution is -0.115. The molecule has 2 aromatic carbocycles. The van der Waals surface area contributed by atoms with E-state index in [4.69, 9.17) is 16.3 Å². The number of anilines is 2. The summed E-state index contributed by atoms with van der Waals surface area (Å²) in [6.07, 6.45) is 4.80. The van der Waals surface area contributed by atoms with Crippen LogP contribution in [0.2, 0.25) is 5.02 Å². The van der Waals surface area contributed by atoms with Gasteiger partial charge in [0, 0.05) is 48.2 Å². The van der Waals surface area contributed by atoms with Crippen molar-refractivity contribution >= 4 is 28.9 Å². The van der Waals surface area contributed by atoms with Gasteiger partial charge in [0.2, 0.25) is 5.91 Å². The van der Waals surface area contributed by atoms with Gasteiger partial charge in [-0.25, -0.2) is 0 Å². The van der Waals surface area contributed by atoms with Crippen molar-refractivity contribution in [2.24, 2.45) is 0 Å². The molecule has 2 fully saturated rings. The van der Waals surface area contributed by atoms with E-state index < -0.39 is 0 Å². The Morgan fingerprint density at radius 1 is 1.09 bits per heavy atom. The first-order chi connectivity index (χ1) is 15.4. The Kier molecular flexibility index (Phi) is 7.39. The third-order valence-corrected chi connectivity index (χ3v) is 6.67. The molecule has 2 N–H and O–H groups in total. The molecule has 5 nitrogen and oxygen atoms in total. The summed E-state index contributed by atoms with van der Waals surface area (Å²) in [5.74, 6) is -0.0387. The Morgan fingerprint density at radius 3 is 2.53 bits per heavy atom. The van der Waals surface area contributed by atoms with Gasteiger partial charge >= 0.3 is 0 Å². The molecule has 2 aromatic rings. The molecular formula is C26H34ClN3O2. The molecular weight excluding hydrogens is 422 g/mol. The predicted molar refractivity (Wildman–Crippen MR) is 132 cm³/mol. The number of hydrogen-bond acceptors (Lipinski definition) is 4. The van der Waals surface area contributed by atoms with Crippen molar-refractivity contribution in [3.63, 3.8) is 0 Å². The molecule has 1 amide bonds. The van der Waals surface area contributed by atoms with Crippen LogP contribution in [0.5, 0.6) is 0 Å². The van der Waals surface area contributed by atoms with E-state index >= 15 is 0 Å². The molecule has 0 aromatic heterocycles. The zero-order chi connectivity index (χ0) is 22.6. The Morgan fingerprint density at radius 2 is 1.84 bits per heavy atom. The smallest absolute Gasteiger partial charge is 0.228 e. The largest absolute Gasteiger partial charge is 0.375 e. The van der Waals surface area contributed by atoms with Gasteiger partial charge in [0.25, 0.3) is 0 Å². The highest BCUT2D eigenvalue weighted by Gasteiger charge is 2.30. The van der Waals surface area contributed by atoms with E-state index in [1.807, 2.05) is 36.4 Å². The number of carbonyl (C=O) groups excluding carboxylic acids is 1. The monoisotopic (exact) mass is 455 g/mol. The number of rotatable bonds is 6. The molecule has 0 bridgehead atoms. The number of nitrogens with one attached hydrogen (secondary N) is 2. The lowest BCUT2D eigenvalue weighted by Gasteiger charge is -2.40. The Balaban J connectivity index is 1.23. The average Bonchev–Trinajstić information content (AvgIpc) is 2.74. The minimum absolute atomic E-state index is 0.0120. The molecule has 2 aliphatic heterocycles. The lowest BCUT2D eigenvalue weighted by Crippen LogP contribution is -2.50. The van der Waals surface area contributed by atoms with Crippen molar-refractivity contribution in [3.05, 3.63) is 59.1 Å². The minimum atomic E-state index is -0.0387. The third kappa shape index (κ3) is 6.47. The van der Waals surface area contributed by atoms with E-state index in [1.165, 1.54) is 5.69 Å². The number of ether oxygens (including phenoxy) is 1. The van der Waals surface area contributed by atoms with E-state index in [2.05, 4.69) is 41.5 Å². The average molecular weight is 456 g/mol. The molecule has 32 heavy (non-hydrogen) atoms. The SMILES string of the molecule is CC1(C)C[C@@H](NC2CCN(c3ccc(NC(=O)Cc4cccc(Cl)c4)cc3)CC2)CCO1. The first-order valence-corrected chi connectivity index (χ1v) is 12.0. The Labute approximate surface area is 196 Å². The van der Waals surface area contributed by atoms with Crippen LogP contribution in [0.4, 0.5) is 11.4 Å². The number of nitrogens with zero attached hydrogens (tertiary/aromatic N) is 1. The number of halogens is 1. The highest BCUT2D eigenvalue weighted by molar-refractivity contribution is 6.30. The van der Waals surface area contributed by atoms with Crippen molar-refractivity contribution in [2.45, 2.75) is 63.6 Å². The quantitative estimate of drug-likeness (QED) is 0.640. The van der Waals surface area contributed by atoms with E-state index in [9.17, 15) is 4.79 Å². The van der Waals surface area contributed by atoms with Crippen LogP contribution in [0.25, 0.3) is 0 Å². The molecule has 0 unspecified atom stereocenters. The minimum Gasteiger partial charge on any atom is -0.375 e. The highest BCUT2D eigenvalue weighted by atomic mass is 35.5. The zero-order valence-corrected chi connectivity index (χ0v) is 19.8. The first kappa shape index (κ1) is 23.1. The molecule has 6 heteroatoms.